The predicted octanol–water partition coefficient (Wildman–Crippen LogP) is 7.34. The third-order valence-corrected chi connectivity index (χ3v) is 15.0. The zero-order chi connectivity index (χ0) is 46.4. The monoisotopic (exact) mass is 935 g/mol. The fraction of sp³-hybridized carbons (Fsp3) is 0.451. The summed E-state index contributed by atoms with van der Waals surface area (Å²) in [5, 5.41) is 33.3. The van der Waals surface area contributed by atoms with E-state index in [2.05, 4.69) is 60.5 Å². The van der Waals surface area contributed by atoms with Gasteiger partial charge in [0.15, 0.2) is 11.5 Å². The van der Waals surface area contributed by atoms with Gasteiger partial charge in [0.25, 0.3) is 5.91 Å². The van der Waals surface area contributed by atoms with E-state index >= 15 is 0 Å². The lowest BCUT2D eigenvalue weighted by molar-refractivity contribution is -0.129. The van der Waals surface area contributed by atoms with E-state index < -0.39 is 0 Å². The normalized spacial score (nSPS) is 20.4. The molecular formula is C51H54ClN11O5. The molecule has 0 unspecified atom stereocenters. The van der Waals surface area contributed by atoms with Crippen molar-refractivity contribution in [3.63, 3.8) is 0 Å². The van der Waals surface area contributed by atoms with Gasteiger partial charge in [-0.1, -0.05) is 29.8 Å². The number of ether oxygens (including phenoxy) is 3. The van der Waals surface area contributed by atoms with E-state index in [9.17, 15) is 9.59 Å². The van der Waals surface area contributed by atoms with Crippen LogP contribution in [0.15, 0.2) is 73.2 Å². The van der Waals surface area contributed by atoms with Crippen LogP contribution in [0.2, 0.25) is 5.02 Å². The Morgan fingerprint density at radius 1 is 0.985 bits per heavy atom. The molecule has 0 bridgehead atoms. The smallest absolute Gasteiger partial charge is 0.272 e. The van der Waals surface area contributed by atoms with Gasteiger partial charge in [0.1, 0.15) is 11.8 Å². The molecule has 3 aliphatic heterocycles. The van der Waals surface area contributed by atoms with Crippen molar-refractivity contribution >= 4 is 40.0 Å². The number of rotatable bonds is 12. The number of pyridine rings is 1. The SMILES string of the molecule is CC(=O)N1CCc2c(c(-c3cccc4cc(-c5cnn(CCOC6CC7(C6)CN(c6ccc(C(=O)NC8CCC(Oc9ccc(C#N)c(Cl)c9)CC8)nn6)C7)c5)ncc34)nn2C2CCOCC2)C1. The lowest BCUT2D eigenvalue weighted by Crippen LogP contribution is -2.64. The Hall–Kier alpha value is -6.41. The minimum absolute atomic E-state index is 0.0268. The Morgan fingerprint density at radius 2 is 1.82 bits per heavy atom. The number of amides is 2. The first kappa shape index (κ1) is 44.1. The Balaban J connectivity index is 0.636. The third-order valence-electron chi connectivity index (χ3n) is 14.6. The summed E-state index contributed by atoms with van der Waals surface area (Å²) in [7, 11) is 0. The van der Waals surface area contributed by atoms with Gasteiger partial charge in [0, 0.05) is 110 Å². The molecular weight excluding hydrogens is 882 g/mol. The summed E-state index contributed by atoms with van der Waals surface area (Å²) in [4.78, 5) is 34.6. The highest BCUT2D eigenvalue weighted by molar-refractivity contribution is 6.31. The van der Waals surface area contributed by atoms with Gasteiger partial charge in [-0.15, -0.1) is 10.2 Å². The number of nitrogens with zero attached hydrogens (tertiary/aromatic N) is 10. The minimum Gasteiger partial charge on any atom is -0.490 e. The standard InChI is InChI=1S/C51H54ClN11O5/c1-32(64)60-16-13-47-43(29-60)49(59-63(47)37-14-18-66-19-15-37)41-4-2-3-33-21-46(54-27-42(33)41)35-26-55-62(28-35)17-20-67-40-23-51(24-40)30-61(31-51)48-12-11-45(57-58-48)50(65)56-36-6-9-38(10-7-36)68-39-8-5-34(25-53)44(52)22-39/h2-5,8,11-12,21-22,26-28,36-38,40H,6-7,9-10,13-20,23-24,29-31H2,1H3,(H,56,65). The van der Waals surface area contributed by atoms with Crippen LogP contribution >= 0.6 is 11.6 Å². The van der Waals surface area contributed by atoms with Crippen molar-refractivity contribution in [2.45, 2.75) is 102 Å². The molecule has 5 aliphatic rings. The molecule has 2 aromatic carbocycles. The molecule has 6 aromatic rings. The van der Waals surface area contributed by atoms with E-state index in [0.717, 1.165) is 129 Å². The molecule has 7 heterocycles. The maximum atomic E-state index is 13.0. The fourth-order valence-corrected chi connectivity index (χ4v) is 11.1. The summed E-state index contributed by atoms with van der Waals surface area (Å²) in [5.41, 5.74) is 7.11. The molecule has 4 fully saturated rings. The highest BCUT2D eigenvalue weighted by Crippen LogP contribution is 2.50. The molecule has 2 amide bonds. The first-order valence-corrected chi connectivity index (χ1v) is 24.3. The quantitative estimate of drug-likeness (QED) is 0.129. The van der Waals surface area contributed by atoms with Crippen LogP contribution in [0.1, 0.15) is 91.6 Å². The molecule has 2 saturated heterocycles. The molecule has 1 N–H and O–H groups in total. The molecule has 0 atom stereocenters. The Bertz CT molecular complexity index is 2880. The largest absolute Gasteiger partial charge is 0.490 e. The molecule has 350 valence electrons. The molecule has 4 aromatic heterocycles. The second-order valence-corrected chi connectivity index (χ2v) is 19.6. The predicted molar refractivity (Wildman–Crippen MR) is 254 cm³/mol. The Kier molecular flexibility index (Phi) is 12.1. The van der Waals surface area contributed by atoms with E-state index in [-0.39, 0.29) is 35.5 Å². The van der Waals surface area contributed by atoms with Gasteiger partial charge >= 0.3 is 0 Å². The van der Waals surface area contributed by atoms with Gasteiger partial charge < -0.3 is 29.3 Å². The molecule has 16 nitrogen and oxygen atoms in total. The van der Waals surface area contributed by atoms with Crippen LogP contribution in [0.5, 0.6) is 5.75 Å². The highest BCUT2D eigenvalue weighted by atomic mass is 35.5. The van der Waals surface area contributed by atoms with Crippen molar-refractivity contribution in [1.29, 1.82) is 5.26 Å². The summed E-state index contributed by atoms with van der Waals surface area (Å²) in [6.07, 6.45) is 14.0. The maximum Gasteiger partial charge on any atom is 0.272 e. The van der Waals surface area contributed by atoms with E-state index in [1.54, 1.807) is 31.2 Å². The van der Waals surface area contributed by atoms with Crippen molar-refractivity contribution in [2.75, 3.05) is 44.4 Å². The van der Waals surface area contributed by atoms with Crippen LogP contribution in [0.4, 0.5) is 5.82 Å². The Morgan fingerprint density at radius 3 is 2.59 bits per heavy atom. The summed E-state index contributed by atoms with van der Waals surface area (Å²) in [6, 6.07) is 19.6. The molecule has 17 heteroatoms. The topological polar surface area (TPSA) is 178 Å². The zero-order valence-electron chi connectivity index (χ0n) is 38.1. The van der Waals surface area contributed by atoms with E-state index in [0.29, 0.717) is 54.3 Å². The average Bonchev–Trinajstić information content (AvgIpc) is 3.97. The Labute approximate surface area is 399 Å². The molecule has 2 aliphatic carbocycles. The second-order valence-electron chi connectivity index (χ2n) is 19.2. The average molecular weight is 937 g/mol. The van der Waals surface area contributed by atoms with Crippen molar-refractivity contribution in [3.05, 3.63) is 101 Å². The summed E-state index contributed by atoms with van der Waals surface area (Å²) >= 11 is 6.16. The second kappa shape index (κ2) is 18.6. The van der Waals surface area contributed by atoms with Gasteiger partial charge in [-0.3, -0.25) is 23.9 Å². The maximum absolute atomic E-state index is 13.0. The molecule has 68 heavy (non-hydrogen) atoms. The first-order chi connectivity index (χ1) is 33.2. The lowest BCUT2D eigenvalue weighted by atomic mass is 9.62. The molecule has 1 spiro atoms. The van der Waals surface area contributed by atoms with Gasteiger partial charge in [0.05, 0.1) is 59.6 Å². The lowest BCUT2D eigenvalue weighted by Gasteiger charge is -2.59. The van der Waals surface area contributed by atoms with Crippen LogP contribution < -0.4 is 15.0 Å². The van der Waals surface area contributed by atoms with Gasteiger partial charge in [0.2, 0.25) is 5.91 Å². The third kappa shape index (κ3) is 8.90. The van der Waals surface area contributed by atoms with E-state index in [1.165, 1.54) is 5.69 Å². The van der Waals surface area contributed by atoms with Crippen molar-refractivity contribution in [2.24, 2.45) is 5.41 Å². The van der Waals surface area contributed by atoms with Gasteiger partial charge in [-0.05, 0) is 87.1 Å². The number of carbonyl (C=O) groups is 2. The first-order valence-electron chi connectivity index (χ1n) is 23.9. The minimum atomic E-state index is -0.216. The summed E-state index contributed by atoms with van der Waals surface area (Å²) in [6.45, 7) is 7.41. The number of carbonyl (C=O) groups excluding carboxylic acids is 2. The number of aromatic nitrogens is 7. The summed E-state index contributed by atoms with van der Waals surface area (Å²) < 4.78 is 22.2. The zero-order valence-corrected chi connectivity index (χ0v) is 38.9. The number of hydrogen-bond acceptors (Lipinski definition) is 12. The summed E-state index contributed by atoms with van der Waals surface area (Å²) in [5.74, 6) is 1.30. The van der Waals surface area contributed by atoms with Gasteiger partial charge in [-0.25, -0.2) is 0 Å². The number of nitrogens with one attached hydrogen (secondary N) is 1. The number of anilines is 1. The van der Waals surface area contributed by atoms with Crippen molar-refractivity contribution in [3.8, 4) is 34.3 Å². The van der Waals surface area contributed by atoms with Crippen molar-refractivity contribution < 1.29 is 23.8 Å². The van der Waals surface area contributed by atoms with E-state index in [4.69, 9.17) is 41.2 Å². The highest BCUT2D eigenvalue weighted by Gasteiger charge is 2.53. The fourth-order valence-electron chi connectivity index (χ4n) is 10.9. The number of halogens is 1. The van der Waals surface area contributed by atoms with Crippen molar-refractivity contribution in [1.82, 2.24) is 45.0 Å². The van der Waals surface area contributed by atoms with E-state index in [1.807, 2.05) is 34.2 Å². The number of nitriles is 1. The van der Waals surface area contributed by atoms with Gasteiger partial charge in [-0.2, -0.15) is 15.5 Å². The number of hydrogen-bond donors (Lipinski definition) is 1. The van der Waals surface area contributed by atoms with Crippen LogP contribution in [0, 0.1) is 16.7 Å². The van der Waals surface area contributed by atoms with Crippen LogP contribution in [-0.2, 0) is 33.8 Å². The molecule has 11 rings (SSSR count). The number of benzene rings is 2. The van der Waals surface area contributed by atoms with Crippen LogP contribution in [-0.4, -0.2) is 109 Å². The molecule has 0 radical (unpaired) electrons. The number of fused-ring (bicyclic) bond motifs is 2. The molecule has 2 saturated carbocycles. The van der Waals surface area contributed by atoms with Crippen LogP contribution in [0.25, 0.3) is 33.3 Å². The van der Waals surface area contributed by atoms with Crippen LogP contribution in [0.3, 0.4) is 0 Å².